The minimum atomic E-state index is 0.164. The van der Waals surface area contributed by atoms with Gasteiger partial charge in [-0.05, 0) is 27.1 Å². The summed E-state index contributed by atoms with van der Waals surface area (Å²) in [5.74, 6) is 1.70. The van der Waals surface area contributed by atoms with E-state index in [1.54, 1.807) is 6.20 Å². The molecule has 1 N–H and O–H groups in total. The highest BCUT2D eigenvalue weighted by molar-refractivity contribution is 5.80. The van der Waals surface area contributed by atoms with E-state index in [2.05, 4.69) is 46.0 Å². The molecule has 3 rings (SSSR count). The average molecular weight is 361 g/mol. The van der Waals surface area contributed by atoms with Crippen LogP contribution in [0.25, 0.3) is 0 Å². The van der Waals surface area contributed by atoms with Gasteiger partial charge in [0.15, 0.2) is 5.96 Å². The summed E-state index contributed by atoms with van der Waals surface area (Å²) >= 11 is 0. The van der Waals surface area contributed by atoms with Crippen LogP contribution in [-0.2, 0) is 0 Å². The van der Waals surface area contributed by atoms with Gasteiger partial charge in [-0.1, -0.05) is 6.07 Å². The average Bonchev–Trinajstić information content (AvgIpc) is 3.10. The van der Waals surface area contributed by atoms with Crippen molar-refractivity contribution in [2.75, 3.05) is 59.9 Å². The highest BCUT2D eigenvalue weighted by Gasteiger charge is 2.27. The van der Waals surface area contributed by atoms with Gasteiger partial charge in [0.25, 0.3) is 0 Å². The van der Waals surface area contributed by atoms with Crippen molar-refractivity contribution in [2.24, 2.45) is 4.99 Å². The first kappa shape index (κ1) is 18.9. The van der Waals surface area contributed by atoms with Crippen molar-refractivity contribution in [3.05, 3.63) is 24.4 Å². The predicted molar refractivity (Wildman–Crippen MR) is 105 cm³/mol. The van der Waals surface area contributed by atoms with Crippen LogP contribution in [0, 0.1) is 0 Å². The zero-order chi connectivity index (χ0) is 18.4. The smallest absolute Gasteiger partial charge is 0.213 e. The van der Waals surface area contributed by atoms with E-state index in [1.165, 1.54) is 0 Å². The molecule has 7 heteroatoms. The van der Waals surface area contributed by atoms with E-state index in [4.69, 9.17) is 9.73 Å². The lowest BCUT2D eigenvalue weighted by Gasteiger charge is -2.37. The van der Waals surface area contributed by atoms with Crippen molar-refractivity contribution >= 4 is 5.96 Å². The van der Waals surface area contributed by atoms with E-state index in [9.17, 15) is 0 Å². The molecule has 2 aliphatic heterocycles. The van der Waals surface area contributed by atoms with E-state index in [1.807, 2.05) is 18.2 Å². The third-order valence-corrected chi connectivity index (χ3v) is 5.14. The Hall–Kier alpha value is -1.86. The van der Waals surface area contributed by atoms with Gasteiger partial charge in [0.1, 0.15) is 6.10 Å². The van der Waals surface area contributed by atoms with Crippen molar-refractivity contribution in [2.45, 2.75) is 25.5 Å². The standard InChI is InChI=1S/C19H32N6O/c1-4-20-19(22-13-16-14-23(2)11-12-24(16)3)25-10-8-17(15-25)26-18-7-5-6-9-21-18/h5-7,9,16-17H,4,8,10-15H2,1-3H3,(H,20,22). The number of aromatic nitrogens is 1. The Bertz CT molecular complexity index is 581. The maximum atomic E-state index is 6.01. The molecule has 2 atom stereocenters. The van der Waals surface area contributed by atoms with Crippen LogP contribution in [0.5, 0.6) is 5.88 Å². The Morgan fingerprint density at radius 3 is 2.92 bits per heavy atom. The van der Waals surface area contributed by atoms with Gasteiger partial charge in [-0.3, -0.25) is 9.89 Å². The highest BCUT2D eigenvalue weighted by Crippen LogP contribution is 2.16. The summed E-state index contributed by atoms with van der Waals surface area (Å²) in [4.78, 5) is 16.3. The molecule has 26 heavy (non-hydrogen) atoms. The summed E-state index contributed by atoms with van der Waals surface area (Å²) < 4.78 is 6.01. The minimum absolute atomic E-state index is 0.164. The van der Waals surface area contributed by atoms with Crippen LogP contribution >= 0.6 is 0 Å². The number of pyridine rings is 1. The van der Waals surface area contributed by atoms with E-state index >= 15 is 0 Å². The van der Waals surface area contributed by atoms with Gasteiger partial charge < -0.3 is 19.9 Å². The number of hydrogen-bond donors (Lipinski definition) is 1. The van der Waals surface area contributed by atoms with Crippen molar-refractivity contribution < 1.29 is 4.74 Å². The monoisotopic (exact) mass is 360 g/mol. The largest absolute Gasteiger partial charge is 0.472 e. The Morgan fingerprint density at radius 2 is 2.15 bits per heavy atom. The minimum Gasteiger partial charge on any atom is -0.472 e. The second-order valence-corrected chi connectivity index (χ2v) is 7.23. The molecule has 0 aromatic carbocycles. The zero-order valence-electron chi connectivity index (χ0n) is 16.3. The summed E-state index contributed by atoms with van der Waals surface area (Å²) in [5.41, 5.74) is 0. The van der Waals surface area contributed by atoms with Gasteiger partial charge >= 0.3 is 0 Å². The van der Waals surface area contributed by atoms with Gasteiger partial charge in [0, 0.05) is 57.4 Å². The molecule has 2 fully saturated rings. The van der Waals surface area contributed by atoms with Gasteiger partial charge in [0.05, 0.1) is 13.1 Å². The van der Waals surface area contributed by atoms with Crippen LogP contribution < -0.4 is 10.1 Å². The fourth-order valence-electron chi connectivity index (χ4n) is 3.52. The first-order valence-corrected chi connectivity index (χ1v) is 9.65. The van der Waals surface area contributed by atoms with Crippen molar-refractivity contribution in [3.8, 4) is 5.88 Å². The third-order valence-electron chi connectivity index (χ3n) is 5.14. The van der Waals surface area contributed by atoms with Gasteiger partial charge in [-0.25, -0.2) is 4.98 Å². The number of nitrogens with zero attached hydrogens (tertiary/aromatic N) is 5. The molecule has 1 aromatic rings. The number of nitrogens with one attached hydrogen (secondary N) is 1. The summed E-state index contributed by atoms with van der Waals surface area (Å²) in [6.45, 7) is 8.95. The van der Waals surface area contributed by atoms with Gasteiger partial charge in [-0.15, -0.1) is 0 Å². The van der Waals surface area contributed by atoms with Crippen LogP contribution in [0.15, 0.2) is 29.4 Å². The Morgan fingerprint density at radius 1 is 1.27 bits per heavy atom. The highest BCUT2D eigenvalue weighted by atomic mass is 16.5. The SMILES string of the molecule is CCNC(=NCC1CN(C)CCN1C)N1CCC(Oc2ccccn2)C1. The van der Waals surface area contributed by atoms with Crippen LogP contribution in [0.1, 0.15) is 13.3 Å². The van der Waals surface area contributed by atoms with E-state index < -0.39 is 0 Å². The van der Waals surface area contributed by atoms with E-state index in [-0.39, 0.29) is 6.10 Å². The maximum Gasteiger partial charge on any atom is 0.213 e. The number of guanidine groups is 1. The first-order chi connectivity index (χ1) is 12.7. The molecule has 2 aliphatic rings. The normalized spacial score (nSPS) is 25.5. The number of hydrogen-bond acceptors (Lipinski definition) is 5. The summed E-state index contributed by atoms with van der Waals surface area (Å²) in [6.07, 6.45) is 2.93. The molecule has 1 aromatic heterocycles. The Kier molecular flexibility index (Phi) is 6.68. The van der Waals surface area contributed by atoms with Crippen LogP contribution in [-0.4, -0.2) is 97.7 Å². The second kappa shape index (κ2) is 9.19. The molecule has 0 saturated carbocycles. The van der Waals surface area contributed by atoms with E-state index in [0.717, 1.165) is 58.2 Å². The summed E-state index contributed by atoms with van der Waals surface area (Å²) in [6, 6.07) is 6.25. The van der Waals surface area contributed by atoms with Crippen LogP contribution in [0.4, 0.5) is 0 Å². The second-order valence-electron chi connectivity index (χ2n) is 7.23. The summed E-state index contributed by atoms with van der Waals surface area (Å²) in [7, 11) is 4.39. The molecule has 144 valence electrons. The van der Waals surface area contributed by atoms with Gasteiger partial charge in [0.2, 0.25) is 5.88 Å². The fraction of sp³-hybridized carbons (Fsp3) is 0.684. The topological polar surface area (TPSA) is 56.2 Å². The molecule has 3 heterocycles. The molecule has 0 radical (unpaired) electrons. The fourth-order valence-corrected chi connectivity index (χ4v) is 3.52. The molecule has 0 bridgehead atoms. The molecule has 2 saturated heterocycles. The molecular formula is C19H32N6O. The summed E-state index contributed by atoms with van der Waals surface area (Å²) in [5, 5.41) is 3.45. The quantitative estimate of drug-likeness (QED) is 0.618. The first-order valence-electron chi connectivity index (χ1n) is 9.65. The lowest BCUT2D eigenvalue weighted by atomic mass is 10.2. The Labute approximate surface area is 157 Å². The number of likely N-dealkylation sites (N-methyl/N-ethyl adjacent to an activating group) is 2. The molecule has 0 amide bonds. The van der Waals surface area contributed by atoms with Crippen molar-refractivity contribution in [3.63, 3.8) is 0 Å². The number of likely N-dealkylation sites (tertiary alicyclic amines) is 1. The maximum absolute atomic E-state index is 6.01. The molecule has 2 unspecified atom stereocenters. The van der Waals surface area contributed by atoms with E-state index in [0.29, 0.717) is 11.9 Å². The number of piperazine rings is 1. The molecule has 0 spiro atoms. The zero-order valence-corrected chi connectivity index (χ0v) is 16.3. The van der Waals surface area contributed by atoms with Crippen molar-refractivity contribution in [1.82, 2.24) is 25.0 Å². The molecule has 0 aliphatic carbocycles. The van der Waals surface area contributed by atoms with Gasteiger partial charge in [-0.2, -0.15) is 0 Å². The third kappa shape index (κ3) is 5.08. The number of rotatable bonds is 5. The van der Waals surface area contributed by atoms with Crippen molar-refractivity contribution in [1.29, 1.82) is 0 Å². The number of ether oxygens (including phenoxy) is 1. The lowest BCUT2D eigenvalue weighted by Crippen LogP contribution is -2.51. The number of aliphatic imine (C=N–C) groups is 1. The van der Waals surface area contributed by atoms with Crippen LogP contribution in [0.2, 0.25) is 0 Å². The molecule has 7 nitrogen and oxygen atoms in total. The molecular weight excluding hydrogens is 328 g/mol. The Balaban J connectivity index is 1.57. The lowest BCUT2D eigenvalue weighted by molar-refractivity contribution is 0.119. The van der Waals surface area contributed by atoms with Crippen LogP contribution in [0.3, 0.4) is 0 Å². The predicted octanol–water partition coefficient (Wildman–Crippen LogP) is 0.746.